The van der Waals surface area contributed by atoms with E-state index in [2.05, 4.69) is 155 Å². The van der Waals surface area contributed by atoms with Crippen molar-refractivity contribution < 1.29 is 0 Å². The van der Waals surface area contributed by atoms with E-state index in [-0.39, 0.29) is 0 Å². The number of hydrogen-bond donors (Lipinski definition) is 0. The third-order valence-electron chi connectivity index (χ3n) is 8.54. The van der Waals surface area contributed by atoms with Crippen LogP contribution in [-0.2, 0) is 0 Å². The molecule has 0 atom stereocenters. The number of benzene rings is 6. The molecule has 3 heterocycles. The van der Waals surface area contributed by atoms with Crippen molar-refractivity contribution in [3.63, 3.8) is 0 Å². The van der Waals surface area contributed by atoms with Gasteiger partial charge in [0.05, 0.1) is 22.1 Å². The van der Waals surface area contributed by atoms with Crippen molar-refractivity contribution >= 4 is 54.4 Å². The summed E-state index contributed by atoms with van der Waals surface area (Å²) in [6.07, 6.45) is 1.92. The summed E-state index contributed by atoms with van der Waals surface area (Å²) in [6, 6.07) is 52.2. The number of aromatic nitrogens is 3. The average Bonchev–Trinajstić information content (AvgIpc) is 3.57. The van der Waals surface area contributed by atoms with Crippen LogP contribution in [-0.4, -0.2) is 14.1 Å². The lowest BCUT2D eigenvalue weighted by atomic mass is 10.0. The van der Waals surface area contributed by atoms with Crippen molar-refractivity contribution in [3.05, 3.63) is 152 Å². The SMILES string of the molecule is c1ccc(-c2ccnc(-n3c4ccccc4c4cc5c(ccc6c7ccccc7n(-c7ccccc7)c56)cc43)c2)cc1. The quantitative estimate of drug-likeness (QED) is 0.221. The molecule has 0 amide bonds. The Morgan fingerprint density at radius 2 is 1.07 bits per heavy atom. The fourth-order valence-corrected chi connectivity index (χ4v) is 6.69. The predicted molar refractivity (Wildman–Crippen MR) is 176 cm³/mol. The van der Waals surface area contributed by atoms with Crippen LogP contribution in [0, 0.1) is 0 Å². The molecule has 0 N–H and O–H groups in total. The van der Waals surface area contributed by atoms with Gasteiger partial charge in [-0.15, -0.1) is 0 Å². The monoisotopic (exact) mass is 535 g/mol. The summed E-state index contributed by atoms with van der Waals surface area (Å²) in [5.74, 6) is 0.918. The molecule has 42 heavy (non-hydrogen) atoms. The van der Waals surface area contributed by atoms with Crippen molar-refractivity contribution in [2.75, 3.05) is 0 Å². The van der Waals surface area contributed by atoms with Gasteiger partial charge in [-0.25, -0.2) is 4.98 Å². The predicted octanol–water partition coefficient (Wildman–Crippen LogP) is 10.1. The lowest BCUT2D eigenvalue weighted by Crippen LogP contribution is -1.98. The zero-order chi connectivity index (χ0) is 27.6. The third-order valence-corrected chi connectivity index (χ3v) is 8.54. The Balaban J connectivity index is 1.40. The molecule has 9 rings (SSSR count). The van der Waals surface area contributed by atoms with Crippen LogP contribution in [0.25, 0.3) is 77.0 Å². The zero-order valence-electron chi connectivity index (χ0n) is 22.8. The molecule has 0 fully saturated rings. The Morgan fingerprint density at radius 3 is 1.86 bits per heavy atom. The highest BCUT2D eigenvalue weighted by Gasteiger charge is 2.18. The lowest BCUT2D eigenvalue weighted by molar-refractivity contribution is 1.08. The van der Waals surface area contributed by atoms with E-state index in [1.54, 1.807) is 0 Å². The molecule has 0 saturated heterocycles. The van der Waals surface area contributed by atoms with Crippen molar-refractivity contribution in [3.8, 4) is 22.6 Å². The van der Waals surface area contributed by atoms with Crippen molar-refractivity contribution in [2.24, 2.45) is 0 Å². The molecule has 3 aromatic heterocycles. The normalized spacial score (nSPS) is 11.8. The minimum absolute atomic E-state index is 0.918. The first kappa shape index (κ1) is 23.1. The summed E-state index contributed by atoms with van der Waals surface area (Å²) < 4.78 is 4.73. The summed E-state index contributed by atoms with van der Waals surface area (Å²) in [5, 5.41) is 7.43. The van der Waals surface area contributed by atoms with Gasteiger partial charge in [-0.2, -0.15) is 0 Å². The maximum atomic E-state index is 4.88. The second kappa shape index (κ2) is 8.92. The highest BCUT2D eigenvalue weighted by atomic mass is 15.1. The van der Waals surface area contributed by atoms with E-state index >= 15 is 0 Å². The van der Waals surface area contributed by atoms with E-state index in [4.69, 9.17) is 4.98 Å². The Morgan fingerprint density at radius 1 is 0.405 bits per heavy atom. The summed E-state index contributed by atoms with van der Waals surface area (Å²) in [5.41, 5.74) is 8.27. The fraction of sp³-hybridized carbons (Fsp3) is 0. The van der Waals surface area contributed by atoms with Gasteiger partial charge in [-0.1, -0.05) is 97.1 Å². The Bertz CT molecular complexity index is 2450. The molecule has 0 saturated carbocycles. The minimum atomic E-state index is 0.918. The van der Waals surface area contributed by atoms with E-state index in [0.717, 1.165) is 22.4 Å². The smallest absolute Gasteiger partial charge is 0.138 e. The second-order valence-electron chi connectivity index (χ2n) is 10.9. The standard InChI is InChI=1S/C39H25N3/c1-3-11-26(12-4-1)27-21-22-40-38(24-27)42-36-18-10-8-16-31(36)34-25-33-28(23-37(34)42)19-20-32-30-15-7-9-17-35(30)41(39(32)33)29-13-5-2-6-14-29/h1-25H. The highest BCUT2D eigenvalue weighted by molar-refractivity contribution is 6.22. The van der Waals surface area contributed by atoms with Gasteiger partial charge in [0.2, 0.25) is 0 Å². The van der Waals surface area contributed by atoms with Crippen LogP contribution >= 0.6 is 0 Å². The largest absolute Gasteiger partial charge is 0.309 e. The maximum Gasteiger partial charge on any atom is 0.138 e. The molecule has 196 valence electrons. The number of fused-ring (bicyclic) bond motifs is 8. The van der Waals surface area contributed by atoms with Gasteiger partial charge < -0.3 is 4.57 Å². The molecule has 0 aliphatic heterocycles. The first-order valence-electron chi connectivity index (χ1n) is 14.3. The Hall–Kier alpha value is -5.67. The second-order valence-corrected chi connectivity index (χ2v) is 10.9. The lowest BCUT2D eigenvalue weighted by Gasteiger charge is -2.11. The van der Waals surface area contributed by atoms with Crippen molar-refractivity contribution in [1.82, 2.24) is 14.1 Å². The highest BCUT2D eigenvalue weighted by Crippen LogP contribution is 2.40. The number of para-hydroxylation sites is 3. The van der Waals surface area contributed by atoms with E-state index in [0.29, 0.717) is 0 Å². The molecule has 9 aromatic rings. The molecule has 0 spiro atoms. The molecule has 3 heteroatoms. The van der Waals surface area contributed by atoms with Crippen LogP contribution in [0.4, 0.5) is 0 Å². The maximum absolute atomic E-state index is 4.88. The van der Waals surface area contributed by atoms with E-state index in [1.165, 1.54) is 54.6 Å². The van der Waals surface area contributed by atoms with Crippen LogP contribution in [0.2, 0.25) is 0 Å². The van der Waals surface area contributed by atoms with Gasteiger partial charge in [-0.3, -0.25) is 4.57 Å². The topological polar surface area (TPSA) is 22.8 Å². The van der Waals surface area contributed by atoms with E-state index in [1.807, 2.05) is 6.20 Å². The number of hydrogen-bond acceptors (Lipinski definition) is 1. The van der Waals surface area contributed by atoms with Gasteiger partial charge in [0.1, 0.15) is 5.82 Å². The molecule has 0 aliphatic carbocycles. The average molecular weight is 536 g/mol. The van der Waals surface area contributed by atoms with Crippen molar-refractivity contribution in [1.29, 1.82) is 0 Å². The summed E-state index contributed by atoms with van der Waals surface area (Å²) >= 11 is 0. The molecule has 0 aliphatic rings. The molecular formula is C39H25N3. The van der Waals surface area contributed by atoms with Crippen molar-refractivity contribution in [2.45, 2.75) is 0 Å². The first-order chi connectivity index (χ1) is 20.8. The molecule has 0 bridgehead atoms. The minimum Gasteiger partial charge on any atom is -0.309 e. The van der Waals surface area contributed by atoms with Gasteiger partial charge in [-0.05, 0) is 65.0 Å². The van der Waals surface area contributed by atoms with Gasteiger partial charge >= 0.3 is 0 Å². The van der Waals surface area contributed by atoms with Crippen LogP contribution in [0.15, 0.2) is 152 Å². The number of rotatable bonds is 3. The van der Waals surface area contributed by atoms with Gasteiger partial charge in [0.15, 0.2) is 0 Å². The van der Waals surface area contributed by atoms with Crippen LogP contribution in [0.1, 0.15) is 0 Å². The van der Waals surface area contributed by atoms with Crippen LogP contribution in [0.5, 0.6) is 0 Å². The third kappa shape index (κ3) is 3.31. The molecule has 0 radical (unpaired) electrons. The fourth-order valence-electron chi connectivity index (χ4n) is 6.69. The number of nitrogens with zero attached hydrogens (tertiary/aromatic N) is 3. The Labute approximate surface area is 242 Å². The molecule has 6 aromatic carbocycles. The van der Waals surface area contributed by atoms with E-state index in [9.17, 15) is 0 Å². The molecular weight excluding hydrogens is 510 g/mol. The summed E-state index contributed by atoms with van der Waals surface area (Å²) in [4.78, 5) is 4.88. The van der Waals surface area contributed by atoms with Crippen LogP contribution in [0.3, 0.4) is 0 Å². The first-order valence-corrected chi connectivity index (χ1v) is 14.3. The summed E-state index contributed by atoms with van der Waals surface area (Å²) in [6.45, 7) is 0. The zero-order valence-corrected chi connectivity index (χ0v) is 22.8. The number of pyridine rings is 1. The summed E-state index contributed by atoms with van der Waals surface area (Å²) in [7, 11) is 0. The molecule has 0 unspecified atom stereocenters. The van der Waals surface area contributed by atoms with Gasteiger partial charge in [0.25, 0.3) is 0 Å². The van der Waals surface area contributed by atoms with Crippen LogP contribution < -0.4 is 0 Å². The van der Waals surface area contributed by atoms with E-state index < -0.39 is 0 Å². The van der Waals surface area contributed by atoms with Gasteiger partial charge in [0, 0.05) is 38.8 Å². The molecule has 3 nitrogen and oxygen atoms in total. The Kier molecular flexibility index (Phi) is 4.90.